The second-order valence-corrected chi connectivity index (χ2v) is 30.3. The highest BCUT2D eigenvalue weighted by Gasteiger charge is 2.15. The van der Waals surface area contributed by atoms with E-state index in [4.69, 9.17) is 34.4 Å². The van der Waals surface area contributed by atoms with Crippen LogP contribution in [0, 0.1) is 0 Å². The summed E-state index contributed by atoms with van der Waals surface area (Å²) in [4.78, 5) is 130. The van der Waals surface area contributed by atoms with Crippen molar-refractivity contribution in [3.8, 4) is 0 Å². The minimum Gasteiger partial charge on any atom is -0.368 e. The number of hydrogen-bond acceptors (Lipinski definition) is 60. The van der Waals surface area contributed by atoms with Gasteiger partial charge in [0.2, 0.25) is 178 Å². The standard InChI is InChI=1S/2C10H20N6.3C9H18N6.3C8H16N6.2C7H14N6/c1-4-5-6-7-16(3)10-14-8(11)13-9(12-2)15-10;1-4-5-6-7-13-10-15-8(11-2)14-9(12-3)16-10;1-4-5-6-15(3)9-13-7(10)12-8(11-2)14-9;1-4-5-6-12-9-14-7(10-2)13-8(11-3)15-9;1-3-4-5-6-12-9-14-7(10)13-8(11-2)15-9;1-4-5-14(3)8-12-6(9)11-7(10-2)13-8;1-4-5-11-8-13-6(9-2)12-7(10-3)14-8;1-3-4-5-11-8-13-6(9)12-7(10-2)14-8;1-4-13(3)7-11-5(8)10-6(9-2)12-7;1-4-10-7-12-5(8-2)11-6(9-3)13-7/h4-7H2,1-3H3,(H3,11,12,13,14,15);4-7H2,1-3H3,(H3,11,12,13,14,15,16);4-6H2,1-3H3,(H3,10,11,12,13,14);4-6H2,1-3H3,(H3,10,11,12,13,14,15);3-6H2,1-2H3,(H4,10,11,12,13,14,15);4-5H2,1-3H3,(H3,9,10,11,12,13);4-5H2,1-3H3,(H3,9,10,11,12,13,14);3-5H2,1-2H3,(H4,9,10,11,12,13,14);4H2,1-3H3,(H3,8,9,10,11,12);4H2,1-3H3,(H3,8,9,10,11,12,13). The van der Waals surface area contributed by atoms with Crippen LogP contribution in [0.15, 0.2) is 0 Å². The van der Waals surface area contributed by atoms with Gasteiger partial charge in [0.1, 0.15) is 0 Å². The van der Waals surface area contributed by atoms with Gasteiger partial charge in [0, 0.05) is 192 Å². The molecule has 0 atom stereocenters. The Morgan fingerprint density at radius 2 is 0.352 bits per heavy atom. The largest absolute Gasteiger partial charge is 0.368 e. The molecule has 0 unspecified atom stereocenters. The Balaban J connectivity index is 0.000000806. The smallest absolute Gasteiger partial charge is 0.231 e. The van der Waals surface area contributed by atoms with Gasteiger partial charge in [-0.1, -0.05) is 113 Å². The molecule has 10 aromatic rings. The summed E-state index contributed by atoms with van der Waals surface area (Å²) in [7, 11) is 32.5. The zero-order valence-electron chi connectivity index (χ0n) is 90.8. The third kappa shape index (κ3) is 55.8. The van der Waals surface area contributed by atoms with E-state index in [1.54, 1.807) is 98.7 Å². The molecule has 0 bridgehead atoms. The first-order chi connectivity index (χ1) is 69.9. The van der Waals surface area contributed by atoms with Crippen molar-refractivity contribution >= 4 is 178 Å². The molecule has 0 spiro atoms. The van der Waals surface area contributed by atoms with Crippen molar-refractivity contribution in [1.82, 2.24) is 150 Å². The lowest BCUT2D eigenvalue weighted by Crippen LogP contribution is -2.22. The molecule has 0 amide bonds. The summed E-state index contributed by atoms with van der Waals surface area (Å²) < 4.78 is 0. The van der Waals surface area contributed by atoms with Crippen LogP contribution >= 0.6 is 0 Å². The average molecular weight is 2030 g/mol. The fourth-order valence-electron chi connectivity index (χ4n) is 10.6. The van der Waals surface area contributed by atoms with E-state index in [1.165, 1.54) is 38.5 Å². The molecular formula is C85H170N60. The van der Waals surface area contributed by atoms with Crippen LogP contribution in [0.1, 0.15) is 178 Å². The zero-order valence-corrected chi connectivity index (χ0v) is 90.8. The highest BCUT2D eigenvalue weighted by molar-refractivity contribution is 5.49. The monoisotopic (exact) mass is 2030 g/mol. The number of aromatic nitrogens is 30. The van der Waals surface area contributed by atoms with Gasteiger partial charge >= 0.3 is 0 Å². The number of unbranched alkanes of at least 4 members (excludes halogenated alkanes) is 9. The van der Waals surface area contributed by atoms with E-state index in [-0.39, 0.29) is 35.7 Å². The quantitative estimate of drug-likeness (QED) is 0.0161. The molecule has 810 valence electrons. The lowest BCUT2D eigenvalue weighted by atomic mass is 10.2. The molecular weight excluding hydrogens is 1860 g/mol. The molecule has 60 heteroatoms. The van der Waals surface area contributed by atoms with Crippen molar-refractivity contribution in [2.75, 3.05) is 353 Å². The number of rotatable bonds is 51. The SMILES string of the molecule is CCCCCN(C)c1nc(N)nc(NC)n1.CCCCCNc1nc(N)nc(NC)n1.CCCCCNc1nc(NC)nc(NC)n1.CCCCN(C)c1nc(N)nc(NC)n1.CCCCNc1nc(N)nc(NC)n1.CCCCNc1nc(NC)nc(NC)n1.CCCN(C)c1nc(N)nc(NC)n1.CCCNc1nc(NC)nc(NC)n1.CCN(C)c1nc(N)nc(NC)n1.CCNc1nc(NC)nc(NC)n1. The van der Waals surface area contributed by atoms with Gasteiger partial charge in [-0.25, -0.2) is 0 Å². The van der Waals surface area contributed by atoms with Crippen molar-refractivity contribution < 1.29 is 0 Å². The highest BCUT2D eigenvalue weighted by atomic mass is 15.4. The first kappa shape index (κ1) is 127. The number of anilines is 30. The van der Waals surface area contributed by atoms with Crippen molar-refractivity contribution in [2.24, 2.45) is 0 Å². The molecule has 0 aliphatic rings. The number of nitrogens with one attached hydrogen (secondary N) is 20. The molecule has 0 radical (unpaired) electrons. The number of nitrogen functional groups attached to an aromatic ring is 6. The normalized spacial score (nSPS) is 9.88. The summed E-state index contributed by atoms with van der Waals surface area (Å²) in [6.07, 6.45) is 19.4. The Morgan fingerprint density at radius 3 is 0.586 bits per heavy atom. The Kier molecular flexibility index (Phi) is 68.2. The van der Waals surface area contributed by atoms with Crippen LogP contribution in [0.5, 0.6) is 0 Å². The molecule has 10 heterocycles. The van der Waals surface area contributed by atoms with Gasteiger partial charge in [-0.05, 0) is 65.2 Å². The second-order valence-electron chi connectivity index (χ2n) is 30.3. The van der Waals surface area contributed by atoms with Crippen LogP contribution < -0.4 is 160 Å². The zero-order chi connectivity index (χ0) is 108. The molecule has 0 fully saturated rings. The van der Waals surface area contributed by atoms with Crippen molar-refractivity contribution in [1.29, 1.82) is 0 Å². The fraction of sp³-hybridized carbons (Fsp3) is 0.647. The van der Waals surface area contributed by atoms with Crippen LogP contribution in [0.2, 0.25) is 0 Å². The second kappa shape index (κ2) is 77.8. The molecule has 0 saturated carbocycles. The molecule has 0 aliphatic carbocycles. The number of nitrogens with two attached hydrogens (primary N) is 6. The maximum Gasteiger partial charge on any atom is 0.231 e. The predicted octanol–water partition coefficient (Wildman–Crippen LogP) is 7.84. The Hall–Kier alpha value is -15.9. The molecule has 0 aromatic carbocycles. The van der Waals surface area contributed by atoms with Crippen LogP contribution in [0.25, 0.3) is 0 Å². The van der Waals surface area contributed by atoms with E-state index in [9.17, 15) is 0 Å². The maximum atomic E-state index is 5.60. The van der Waals surface area contributed by atoms with Crippen LogP contribution in [0.4, 0.5) is 178 Å². The van der Waals surface area contributed by atoms with Crippen LogP contribution in [-0.4, -0.2) is 342 Å². The summed E-state index contributed by atoms with van der Waals surface area (Å²) in [6, 6.07) is 0. The molecule has 60 nitrogen and oxygen atoms in total. The Morgan fingerprint density at radius 1 is 0.166 bits per heavy atom. The van der Waals surface area contributed by atoms with Gasteiger partial charge in [0.05, 0.1) is 0 Å². The van der Waals surface area contributed by atoms with E-state index >= 15 is 0 Å². The van der Waals surface area contributed by atoms with E-state index in [1.807, 2.05) is 61.6 Å². The summed E-state index contributed by atoms with van der Waals surface area (Å²) >= 11 is 0. The highest BCUT2D eigenvalue weighted by Crippen LogP contribution is 2.19. The minimum atomic E-state index is 0.225. The molecule has 32 N–H and O–H groups in total. The lowest BCUT2D eigenvalue weighted by molar-refractivity contribution is 0.695. The number of nitrogens with zero attached hydrogens (tertiary/aromatic N) is 34. The summed E-state index contributed by atoms with van der Waals surface area (Å²) in [6.45, 7) is 29.8. The third-order valence-corrected chi connectivity index (χ3v) is 18.5. The molecule has 145 heavy (non-hydrogen) atoms. The summed E-state index contributed by atoms with van der Waals surface area (Å²) in [5.41, 5.74) is 33.2. The van der Waals surface area contributed by atoms with E-state index in [2.05, 4.69) is 311 Å². The molecule has 10 rings (SSSR count). The van der Waals surface area contributed by atoms with Gasteiger partial charge in [0.25, 0.3) is 0 Å². The van der Waals surface area contributed by atoms with Crippen LogP contribution in [0.3, 0.4) is 0 Å². The van der Waals surface area contributed by atoms with Gasteiger partial charge in [-0.2, -0.15) is 150 Å². The predicted molar refractivity (Wildman–Crippen MR) is 598 cm³/mol. The Bertz CT molecular complexity index is 4930. The van der Waals surface area contributed by atoms with Crippen molar-refractivity contribution in [3.63, 3.8) is 0 Å². The van der Waals surface area contributed by atoms with Crippen molar-refractivity contribution in [2.45, 2.75) is 178 Å². The van der Waals surface area contributed by atoms with E-state index < -0.39 is 0 Å². The van der Waals surface area contributed by atoms with Gasteiger partial charge in [0.15, 0.2) is 0 Å². The molecule has 0 aliphatic heterocycles. The Labute approximate surface area is 855 Å². The van der Waals surface area contributed by atoms with Crippen molar-refractivity contribution in [3.05, 3.63) is 0 Å². The van der Waals surface area contributed by atoms with Gasteiger partial charge in [-0.15, -0.1) is 0 Å². The molecule has 0 saturated heterocycles. The minimum absolute atomic E-state index is 0.225. The van der Waals surface area contributed by atoms with Crippen LogP contribution in [-0.2, 0) is 0 Å². The third-order valence-electron chi connectivity index (χ3n) is 18.5. The fourth-order valence-corrected chi connectivity index (χ4v) is 10.6. The average Bonchev–Trinajstić information content (AvgIpc) is 0.833. The first-order valence-electron chi connectivity index (χ1n) is 48.8. The first-order valence-corrected chi connectivity index (χ1v) is 48.8. The summed E-state index contributed by atoms with van der Waals surface area (Å²) in [5.74, 6) is 14.7. The number of hydrogen-bond donors (Lipinski definition) is 26. The van der Waals surface area contributed by atoms with E-state index in [0.717, 1.165) is 136 Å². The summed E-state index contributed by atoms with van der Waals surface area (Å²) in [5, 5.41) is 58.7. The molecule has 10 aromatic heterocycles. The van der Waals surface area contributed by atoms with E-state index in [0.29, 0.717) is 143 Å². The van der Waals surface area contributed by atoms with Gasteiger partial charge < -0.3 is 160 Å². The maximum absolute atomic E-state index is 5.60. The van der Waals surface area contributed by atoms with Gasteiger partial charge in [-0.3, -0.25) is 0 Å². The lowest BCUT2D eigenvalue weighted by Gasteiger charge is -2.17. The topological polar surface area (TPSA) is 796 Å².